The summed E-state index contributed by atoms with van der Waals surface area (Å²) in [5.74, 6) is 0. The average molecular weight is 204 g/mol. The maximum absolute atomic E-state index is 9.12. The van der Waals surface area contributed by atoms with Crippen LogP contribution in [-0.4, -0.2) is 8.41 Å². The Morgan fingerprint density at radius 3 is 1.20 bits per heavy atom. The molecular weight excluding hydrogens is 204 g/mol. The smallest absolute Gasteiger partial charge is 0.0104 e. The fraction of sp³-hybridized carbons (Fsp3) is 0. The van der Waals surface area contributed by atoms with Crippen molar-refractivity contribution in [2.24, 2.45) is 0 Å². The van der Waals surface area contributed by atoms with Crippen molar-refractivity contribution in [1.29, 1.82) is 0 Å². The predicted octanol–water partition coefficient (Wildman–Crippen LogP) is 0.391. The molecule has 0 atom stereocenters. The molecule has 1 nitrogen and oxygen atoms in total. The first-order valence-electron chi connectivity index (χ1n) is 0.309. The second-order valence-corrected chi connectivity index (χ2v) is 0.0583. The molecule has 26 valence electrons. The second-order valence-electron chi connectivity index (χ2n) is 0.0583. The number of hydrogen-bond donors (Lipinski definition) is 0. The van der Waals surface area contributed by atoms with E-state index >= 15 is 0 Å². The van der Waals surface area contributed by atoms with E-state index in [2.05, 4.69) is 0 Å². The summed E-state index contributed by atoms with van der Waals surface area (Å²) in [5, 5.41) is 1.25. The zero-order valence-corrected chi connectivity index (χ0v) is 5.94. The Kier molecular flexibility index (Phi) is 64.7. The van der Waals surface area contributed by atoms with Crippen LogP contribution in [-0.2, 0) is 5.15 Å². The van der Waals surface area contributed by atoms with E-state index in [9.17, 15) is 0 Å². The zero-order chi connectivity index (χ0) is 2.71. The number of rotatable bonds is 0. The molecule has 0 heterocycles. The molecule has 5 heavy (non-hydrogen) atoms. The maximum Gasteiger partial charge on any atom is 0.0209 e. The van der Waals surface area contributed by atoms with Crippen molar-refractivity contribution in [3.05, 3.63) is 0 Å². The molecule has 0 N–H and O–H groups in total. The van der Waals surface area contributed by atoms with Crippen LogP contribution in [0, 0.1) is 35.6 Å². The van der Waals surface area contributed by atoms with Gasteiger partial charge in [-0.25, -0.2) is 0 Å². The van der Waals surface area contributed by atoms with Crippen LogP contribution in [0.4, 0.5) is 9.05 Å². The van der Waals surface area contributed by atoms with E-state index in [0.29, 0.717) is 0 Å². The third-order valence-electron chi connectivity index (χ3n) is 0. The summed E-state index contributed by atoms with van der Waals surface area (Å²) in [7, 11) is 0. The van der Waals surface area contributed by atoms with Gasteiger partial charge in [0.1, 0.15) is 0 Å². The van der Waals surface area contributed by atoms with Crippen LogP contribution in [0.2, 0.25) is 0 Å². The van der Waals surface area contributed by atoms with E-state index in [1.54, 1.807) is 0 Å². The summed E-state index contributed by atoms with van der Waals surface area (Å²) < 4.78 is 18.2. The SMILES string of the molecule is FOF.[B].[La]. The topological polar surface area (TPSA) is 9.23 Å². The molecule has 0 saturated carbocycles. The van der Waals surface area contributed by atoms with Crippen LogP contribution >= 0.6 is 0 Å². The molecular formula is BF2LaO. The Morgan fingerprint density at radius 2 is 1.20 bits per heavy atom. The summed E-state index contributed by atoms with van der Waals surface area (Å²) in [6.07, 6.45) is 0. The van der Waals surface area contributed by atoms with Gasteiger partial charge in [0.25, 0.3) is 0 Å². The first-order valence-corrected chi connectivity index (χ1v) is 0.309. The summed E-state index contributed by atoms with van der Waals surface area (Å²) in [6.45, 7) is 0. The minimum atomic E-state index is 0. The molecule has 0 rings (SSSR count). The van der Waals surface area contributed by atoms with E-state index in [0.717, 1.165) is 0 Å². The van der Waals surface area contributed by atoms with Crippen LogP contribution in [0.15, 0.2) is 0 Å². The van der Waals surface area contributed by atoms with E-state index in [-0.39, 0.29) is 44.0 Å². The minimum Gasteiger partial charge on any atom is -0.0104 e. The van der Waals surface area contributed by atoms with Crippen molar-refractivity contribution in [2.75, 3.05) is 0 Å². The second kappa shape index (κ2) is 19.5. The molecule has 0 aliphatic carbocycles. The monoisotopic (exact) mass is 204 g/mol. The summed E-state index contributed by atoms with van der Waals surface area (Å²) in [5.41, 5.74) is 0. The molecule has 0 amide bonds. The van der Waals surface area contributed by atoms with E-state index in [1.807, 2.05) is 0 Å². The Bertz CT molecular complexity index is 9.61. The molecule has 0 fully saturated rings. The van der Waals surface area contributed by atoms with Gasteiger partial charge in [-0.3, -0.25) is 0 Å². The van der Waals surface area contributed by atoms with Gasteiger partial charge in [0.05, 0.1) is 0 Å². The largest absolute Gasteiger partial charge is 0.0209 e. The van der Waals surface area contributed by atoms with Gasteiger partial charge in [-0.1, -0.05) is 0 Å². The molecule has 0 aliphatic rings. The Balaban J connectivity index is -0.0000000200. The van der Waals surface area contributed by atoms with E-state index in [4.69, 9.17) is 9.05 Å². The third kappa shape index (κ3) is 41.3. The molecule has 0 aromatic carbocycles. The Hall–Kier alpha value is 1.08. The minimum absolute atomic E-state index is 0. The number of halogens is 2. The zero-order valence-electron chi connectivity index (χ0n) is 2.32. The van der Waals surface area contributed by atoms with Crippen LogP contribution in [0.3, 0.4) is 0 Å². The van der Waals surface area contributed by atoms with E-state index in [1.165, 1.54) is 5.15 Å². The van der Waals surface area contributed by atoms with Gasteiger partial charge < -0.3 is 0 Å². The molecule has 0 aromatic rings. The fourth-order valence-electron chi connectivity index (χ4n) is 0. The first kappa shape index (κ1) is 16.5. The van der Waals surface area contributed by atoms with Crippen molar-refractivity contribution in [3.8, 4) is 0 Å². The molecule has 0 saturated heterocycles. The van der Waals surface area contributed by atoms with Crippen LogP contribution in [0.5, 0.6) is 0 Å². The average Bonchev–Trinajstić information content (AvgIpc) is 0.918. The van der Waals surface area contributed by atoms with Crippen molar-refractivity contribution < 1.29 is 49.8 Å². The van der Waals surface area contributed by atoms with Crippen molar-refractivity contribution >= 4 is 8.41 Å². The predicted molar refractivity (Wildman–Crippen MR) is 9.05 cm³/mol. The fourth-order valence-corrected chi connectivity index (χ4v) is 0. The van der Waals surface area contributed by atoms with Crippen molar-refractivity contribution in [2.45, 2.75) is 0 Å². The molecule has 0 spiro atoms. The molecule has 5 heteroatoms. The van der Waals surface area contributed by atoms with Crippen molar-refractivity contribution in [3.63, 3.8) is 0 Å². The summed E-state index contributed by atoms with van der Waals surface area (Å²) in [4.78, 5) is 0. The molecule has 0 unspecified atom stereocenters. The quantitative estimate of drug-likeness (QED) is 0.518. The van der Waals surface area contributed by atoms with Gasteiger partial charge in [-0.2, -0.15) is 0 Å². The van der Waals surface area contributed by atoms with Gasteiger partial charge in [-0.15, -0.1) is 0 Å². The van der Waals surface area contributed by atoms with Gasteiger partial charge >= 0.3 is 0 Å². The van der Waals surface area contributed by atoms with Gasteiger partial charge in [0.2, 0.25) is 0 Å². The van der Waals surface area contributed by atoms with Crippen LogP contribution in [0.1, 0.15) is 0 Å². The Labute approximate surface area is 58.0 Å². The molecule has 0 aliphatic heterocycles. The van der Waals surface area contributed by atoms with Crippen molar-refractivity contribution in [1.82, 2.24) is 0 Å². The standard InChI is InChI=1S/B.F2O.La/c;1-3-2;. The van der Waals surface area contributed by atoms with Gasteiger partial charge in [0.15, 0.2) is 0 Å². The maximum atomic E-state index is 9.12. The normalized spacial score (nSPS) is 3.60. The number of hydrogen-bond acceptors (Lipinski definition) is 1. The van der Waals surface area contributed by atoms with Crippen LogP contribution in [0.25, 0.3) is 0 Å². The molecule has 0 aromatic heterocycles. The summed E-state index contributed by atoms with van der Waals surface area (Å²) >= 11 is 0. The van der Waals surface area contributed by atoms with Gasteiger partial charge in [-0.05, 0) is 9.05 Å². The summed E-state index contributed by atoms with van der Waals surface area (Å²) in [6, 6.07) is 0. The third-order valence-corrected chi connectivity index (χ3v) is 0. The molecule has 4 radical (unpaired) electrons. The first-order chi connectivity index (χ1) is 1.41. The van der Waals surface area contributed by atoms with E-state index < -0.39 is 0 Å². The van der Waals surface area contributed by atoms with Crippen LogP contribution < -0.4 is 0 Å². The molecule has 0 bridgehead atoms. The Morgan fingerprint density at radius 1 is 1.20 bits per heavy atom. The van der Waals surface area contributed by atoms with Gasteiger partial charge in [0, 0.05) is 49.2 Å².